The number of hydrogen-bond acceptors (Lipinski definition) is 7. The minimum atomic E-state index is -0.559. The maximum atomic E-state index is 13.3. The van der Waals surface area contributed by atoms with Gasteiger partial charge in [0.2, 0.25) is 0 Å². The fourth-order valence-corrected chi connectivity index (χ4v) is 3.64. The van der Waals surface area contributed by atoms with Gasteiger partial charge in [0.25, 0.3) is 11.5 Å². The van der Waals surface area contributed by atoms with Crippen LogP contribution in [0.5, 0.6) is 0 Å². The summed E-state index contributed by atoms with van der Waals surface area (Å²) in [6.07, 6.45) is 2.32. The molecule has 0 saturated carbocycles. The molecule has 2 N–H and O–H groups in total. The van der Waals surface area contributed by atoms with Crippen LogP contribution in [0.1, 0.15) is 41.9 Å². The van der Waals surface area contributed by atoms with Crippen LogP contribution < -0.4 is 16.4 Å². The molecule has 0 spiro atoms. The van der Waals surface area contributed by atoms with E-state index >= 15 is 0 Å². The van der Waals surface area contributed by atoms with Gasteiger partial charge in [-0.15, -0.1) is 0 Å². The van der Waals surface area contributed by atoms with E-state index in [2.05, 4.69) is 10.5 Å². The molecule has 0 aliphatic heterocycles. The summed E-state index contributed by atoms with van der Waals surface area (Å²) in [6.45, 7) is 8.32. The summed E-state index contributed by atoms with van der Waals surface area (Å²) in [5.41, 5.74) is 1.39. The summed E-state index contributed by atoms with van der Waals surface area (Å²) >= 11 is 0. The lowest BCUT2D eigenvalue weighted by Gasteiger charge is -2.15. The number of fused-ring (bicyclic) bond motifs is 2. The maximum Gasteiger partial charge on any atom is 0.267 e. The van der Waals surface area contributed by atoms with Gasteiger partial charge in [0, 0.05) is 25.4 Å². The maximum absolute atomic E-state index is 13.3. The normalized spacial score (nSPS) is 11.5. The fraction of sp³-hybridized carbons (Fsp3) is 0.348. The quantitative estimate of drug-likeness (QED) is 0.329. The van der Waals surface area contributed by atoms with Crippen LogP contribution in [0.4, 0.5) is 5.82 Å². The number of ether oxygens (including phenoxy) is 1. The molecule has 4 aromatic rings. The number of rotatable bonds is 7. The average molecular weight is 450 g/mol. The van der Waals surface area contributed by atoms with E-state index in [1.54, 1.807) is 29.8 Å². The smallest absolute Gasteiger partial charge is 0.267 e. The van der Waals surface area contributed by atoms with Crippen molar-refractivity contribution < 1.29 is 14.1 Å². The Morgan fingerprint density at radius 1 is 1.27 bits per heavy atom. The van der Waals surface area contributed by atoms with E-state index in [1.165, 1.54) is 10.5 Å². The van der Waals surface area contributed by atoms with Gasteiger partial charge in [0.1, 0.15) is 22.5 Å². The third-order valence-electron chi connectivity index (χ3n) is 5.22. The second-order valence-electron chi connectivity index (χ2n) is 8.15. The number of carbonyl (C=O) groups excluding carboxylic acids is 1. The Bertz CT molecular complexity index is 1460. The molecule has 0 bridgehead atoms. The summed E-state index contributed by atoms with van der Waals surface area (Å²) in [7, 11) is 0. The molecule has 0 aliphatic carbocycles. The van der Waals surface area contributed by atoms with Gasteiger partial charge in [-0.3, -0.25) is 19.4 Å². The van der Waals surface area contributed by atoms with Crippen molar-refractivity contribution in [2.45, 2.75) is 46.8 Å². The van der Waals surface area contributed by atoms with Crippen LogP contribution in [0.15, 0.2) is 39.8 Å². The first kappa shape index (κ1) is 22.4. The Balaban J connectivity index is 1.87. The monoisotopic (exact) mass is 450 g/mol. The van der Waals surface area contributed by atoms with Crippen LogP contribution in [0.2, 0.25) is 0 Å². The van der Waals surface area contributed by atoms with E-state index in [1.807, 2.05) is 26.8 Å². The van der Waals surface area contributed by atoms with Gasteiger partial charge in [0.15, 0.2) is 5.82 Å². The van der Waals surface area contributed by atoms with Crippen molar-refractivity contribution in [2.75, 3.05) is 11.9 Å². The summed E-state index contributed by atoms with van der Waals surface area (Å²) in [4.78, 5) is 31.0. The first-order valence-corrected chi connectivity index (χ1v) is 10.7. The Hall–Kier alpha value is -3.79. The summed E-state index contributed by atoms with van der Waals surface area (Å²) in [5.74, 6) is 0.216. The topological polar surface area (TPSA) is 128 Å². The van der Waals surface area contributed by atoms with Crippen LogP contribution in [-0.4, -0.2) is 37.7 Å². The molecule has 4 rings (SSSR count). The highest BCUT2D eigenvalue weighted by Gasteiger charge is 2.19. The molecule has 1 amide bonds. The number of hydrogen-bond donors (Lipinski definition) is 2. The highest BCUT2D eigenvalue weighted by atomic mass is 16.5. The minimum Gasteiger partial charge on any atom is -0.379 e. The second kappa shape index (κ2) is 8.99. The van der Waals surface area contributed by atoms with Gasteiger partial charge in [-0.1, -0.05) is 11.2 Å². The lowest BCUT2D eigenvalue weighted by atomic mass is 10.2. The van der Waals surface area contributed by atoms with Gasteiger partial charge < -0.3 is 19.1 Å². The average Bonchev–Trinajstić information content (AvgIpc) is 3.17. The van der Waals surface area contributed by atoms with Crippen molar-refractivity contribution >= 4 is 28.4 Å². The number of pyridine rings is 2. The molecule has 172 valence electrons. The lowest BCUT2D eigenvalue weighted by Crippen LogP contribution is -2.32. The van der Waals surface area contributed by atoms with Gasteiger partial charge in [-0.2, -0.15) is 0 Å². The molecular weight excluding hydrogens is 424 g/mol. The summed E-state index contributed by atoms with van der Waals surface area (Å²) in [6, 6.07) is 6.64. The van der Waals surface area contributed by atoms with E-state index in [-0.39, 0.29) is 33.9 Å². The standard InChI is InChI=1S/C23H26N6O4/c1-13(2)32-10-6-9-28-19(24)16(22(30)25-18-11-15(4)33-27-18)12-17-21(28)26-20-14(3)7-5-8-29(20)23(17)31/h5,7-8,11-13,24H,6,9-10H2,1-4H3,(H,25,27,30). The first-order valence-electron chi connectivity index (χ1n) is 10.7. The first-order chi connectivity index (χ1) is 15.8. The Labute approximate surface area is 189 Å². The fourth-order valence-electron chi connectivity index (χ4n) is 3.64. The van der Waals surface area contributed by atoms with E-state index in [9.17, 15) is 9.59 Å². The zero-order valence-electron chi connectivity index (χ0n) is 19.0. The molecule has 0 aromatic carbocycles. The minimum absolute atomic E-state index is 0.0411. The molecule has 0 saturated heterocycles. The number of carbonyl (C=O) groups is 1. The third-order valence-corrected chi connectivity index (χ3v) is 5.22. The predicted molar refractivity (Wildman–Crippen MR) is 122 cm³/mol. The van der Waals surface area contributed by atoms with Crippen molar-refractivity contribution in [1.82, 2.24) is 19.1 Å². The lowest BCUT2D eigenvalue weighted by molar-refractivity contribution is 0.0748. The largest absolute Gasteiger partial charge is 0.379 e. The molecule has 0 atom stereocenters. The van der Waals surface area contributed by atoms with Crippen LogP contribution in [0.25, 0.3) is 16.7 Å². The number of anilines is 1. The molecule has 10 nitrogen and oxygen atoms in total. The molecule has 4 aromatic heterocycles. The van der Waals surface area contributed by atoms with Crippen molar-refractivity contribution in [1.29, 1.82) is 5.41 Å². The highest BCUT2D eigenvalue weighted by Crippen LogP contribution is 2.15. The van der Waals surface area contributed by atoms with E-state index in [4.69, 9.17) is 19.7 Å². The van der Waals surface area contributed by atoms with Gasteiger partial charge in [-0.25, -0.2) is 4.98 Å². The van der Waals surface area contributed by atoms with Crippen molar-refractivity contribution in [3.05, 3.63) is 63.2 Å². The van der Waals surface area contributed by atoms with E-state index < -0.39 is 5.91 Å². The van der Waals surface area contributed by atoms with Crippen molar-refractivity contribution in [2.24, 2.45) is 0 Å². The SMILES string of the molecule is Cc1cc(NC(=O)c2cc3c(=O)n4cccc(C)c4nc3n(CCCOC(C)C)c2=N)no1. The van der Waals surface area contributed by atoms with Crippen molar-refractivity contribution in [3.63, 3.8) is 0 Å². The van der Waals surface area contributed by atoms with Crippen LogP contribution in [0.3, 0.4) is 0 Å². The van der Waals surface area contributed by atoms with Gasteiger partial charge in [-0.05, 0) is 51.8 Å². The van der Waals surface area contributed by atoms with Crippen LogP contribution >= 0.6 is 0 Å². The number of aromatic nitrogens is 4. The molecule has 33 heavy (non-hydrogen) atoms. The molecule has 10 heteroatoms. The number of aryl methyl sites for hydroxylation is 3. The van der Waals surface area contributed by atoms with Crippen molar-refractivity contribution in [3.8, 4) is 0 Å². The molecule has 0 radical (unpaired) electrons. The second-order valence-corrected chi connectivity index (χ2v) is 8.15. The van der Waals surface area contributed by atoms with Gasteiger partial charge in [0.05, 0.1) is 17.1 Å². The Morgan fingerprint density at radius 2 is 2.06 bits per heavy atom. The molecular formula is C23H26N6O4. The van der Waals surface area contributed by atoms with Crippen LogP contribution in [-0.2, 0) is 11.3 Å². The number of amides is 1. The molecule has 0 unspecified atom stereocenters. The molecule has 0 fully saturated rings. The molecule has 4 heterocycles. The summed E-state index contributed by atoms with van der Waals surface area (Å²) < 4.78 is 13.7. The zero-order chi connectivity index (χ0) is 23.7. The van der Waals surface area contributed by atoms with E-state index in [0.29, 0.717) is 36.6 Å². The Morgan fingerprint density at radius 3 is 2.76 bits per heavy atom. The number of nitrogens with zero attached hydrogens (tertiary/aromatic N) is 4. The predicted octanol–water partition coefficient (Wildman–Crippen LogP) is 2.80. The third kappa shape index (κ3) is 4.42. The van der Waals surface area contributed by atoms with Crippen LogP contribution in [0, 0.1) is 19.3 Å². The number of nitrogens with one attached hydrogen (secondary N) is 2. The summed E-state index contributed by atoms with van der Waals surface area (Å²) in [5, 5.41) is 15.4. The Kier molecular flexibility index (Phi) is 6.10. The van der Waals surface area contributed by atoms with Gasteiger partial charge >= 0.3 is 0 Å². The zero-order valence-corrected chi connectivity index (χ0v) is 19.0. The molecule has 0 aliphatic rings. The van der Waals surface area contributed by atoms with E-state index in [0.717, 1.165) is 5.56 Å². The highest BCUT2D eigenvalue weighted by molar-refractivity contribution is 6.05.